The summed E-state index contributed by atoms with van der Waals surface area (Å²) >= 11 is 0. The van der Waals surface area contributed by atoms with Gasteiger partial charge in [0.2, 0.25) is 0 Å². The van der Waals surface area contributed by atoms with Crippen LogP contribution in [0.1, 0.15) is 12.1 Å². The highest BCUT2D eigenvalue weighted by atomic mass is 15.1. The minimum absolute atomic E-state index is 0.898. The van der Waals surface area contributed by atoms with Crippen LogP contribution < -0.4 is 0 Å². The highest BCUT2D eigenvalue weighted by molar-refractivity contribution is 5.81. The number of aryl methyl sites for hydroxylation is 1. The number of nitrogens with one attached hydrogen (secondary N) is 1. The van der Waals surface area contributed by atoms with Crippen LogP contribution in [0.2, 0.25) is 0 Å². The lowest BCUT2D eigenvalue weighted by Gasteiger charge is -1.91. The van der Waals surface area contributed by atoms with Crippen LogP contribution in [-0.4, -0.2) is 10.2 Å². The van der Waals surface area contributed by atoms with E-state index in [4.69, 9.17) is 0 Å². The maximum absolute atomic E-state index is 4.22. The Labute approximate surface area is 71.6 Å². The number of nitrogens with zero attached hydrogens (tertiary/aromatic N) is 1. The van der Waals surface area contributed by atoms with E-state index in [1.807, 2.05) is 18.2 Å². The molecule has 0 spiro atoms. The van der Waals surface area contributed by atoms with E-state index in [-0.39, 0.29) is 0 Å². The fraction of sp³-hybridized carbons (Fsp3) is 0.200. The van der Waals surface area contributed by atoms with Crippen LogP contribution in [0.15, 0.2) is 24.3 Å². The zero-order valence-corrected chi connectivity index (χ0v) is 6.88. The van der Waals surface area contributed by atoms with E-state index in [9.17, 15) is 0 Å². The molecule has 2 aromatic rings. The number of hydrogen-bond donors (Lipinski definition) is 1. The fourth-order valence-corrected chi connectivity index (χ4v) is 1.38. The zero-order valence-electron chi connectivity index (χ0n) is 6.88. The number of aromatic nitrogens is 2. The van der Waals surface area contributed by atoms with Crippen LogP contribution in [0.3, 0.4) is 0 Å². The van der Waals surface area contributed by atoms with Gasteiger partial charge < -0.3 is 0 Å². The van der Waals surface area contributed by atoms with Gasteiger partial charge in [0.1, 0.15) is 0 Å². The largest absolute Gasteiger partial charge is 0.278 e. The molecule has 0 amide bonds. The predicted molar refractivity (Wildman–Crippen MR) is 49.8 cm³/mol. The van der Waals surface area contributed by atoms with Crippen LogP contribution in [0.4, 0.5) is 0 Å². The Hall–Kier alpha value is -1.31. The quantitative estimate of drug-likeness (QED) is 0.715. The molecule has 2 nitrogen and oxygen atoms in total. The normalized spacial score (nSPS) is 10.8. The lowest BCUT2D eigenvalue weighted by atomic mass is 10.1. The van der Waals surface area contributed by atoms with Crippen LogP contribution in [-0.2, 0) is 6.42 Å². The van der Waals surface area contributed by atoms with E-state index in [0.717, 1.165) is 24.1 Å². The highest BCUT2D eigenvalue weighted by Crippen LogP contribution is 2.15. The summed E-state index contributed by atoms with van der Waals surface area (Å²) < 4.78 is 0. The van der Waals surface area contributed by atoms with E-state index >= 15 is 0 Å². The molecule has 0 aliphatic heterocycles. The molecule has 0 fully saturated rings. The van der Waals surface area contributed by atoms with Crippen LogP contribution in [0.25, 0.3) is 10.9 Å². The van der Waals surface area contributed by atoms with Gasteiger partial charge in [-0.1, -0.05) is 25.1 Å². The van der Waals surface area contributed by atoms with Crippen LogP contribution >= 0.6 is 0 Å². The summed E-state index contributed by atoms with van der Waals surface area (Å²) in [5.41, 5.74) is 2.24. The lowest BCUT2D eigenvalue weighted by Crippen LogP contribution is -1.82. The Bertz CT molecular complexity index is 376. The third-order valence-electron chi connectivity index (χ3n) is 1.96. The van der Waals surface area contributed by atoms with E-state index in [1.54, 1.807) is 0 Å². The summed E-state index contributed by atoms with van der Waals surface area (Å²) in [5.74, 6) is 0. The average molecular weight is 159 g/mol. The summed E-state index contributed by atoms with van der Waals surface area (Å²) in [6.07, 6.45) is 1.85. The number of H-pyrrole nitrogens is 1. The predicted octanol–water partition coefficient (Wildman–Crippen LogP) is 2.33. The molecule has 12 heavy (non-hydrogen) atoms. The third kappa shape index (κ3) is 1.09. The zero-order chi connectivity index (χ0) is 8.39. The molecule has 0 saturated heterocycles. The van der Waals surface area contributed by atoms with Gasteiger partial charge in [-0.2, -0.15) is 5.10 Å². The molecule has 61 valence electrons. The average Bonchev–Trinajstić information content (AvgIpc) is 2.50. The molecular weight excluding hydrogens is 148 g/mol. The van der Waals surface area contributed by atoms with E-state index in [0.29, 0.717) is 0 Å². The number of aromatic amines is 1. The van der Waals surface area contributed by atoms with Crippen molar-refractivity contribution in [3.63, 3.8) is 0 Å². The van der Waals surface area contributed by atoms with Crippen molar-refractivity contribution in [3.8, 4) is 0 Å². The Balaban J connectivity index is 2.55. The number of hydrogen-bond acceptors (Lipinski definition) is 1. The van der Waals surface area contributed by atoms with Gasteiger partial charge in [0.25, 0.3) is 0 Å². The summed E-state index contributed by atoms with van der Waals surface area (Å²) in [6, 6.07) is 8.16. The van der Waals surface area contributed by atoms with Gasteiger partial charge in [-0.25, -0.2) is 0 Å². The van der Waals surface area contributed by atoms with Gasteiger partial charge in [-0.05, 0) is 18.9 Å². The van der Waals surface area contributed by atoms with E-state index in [1.165, 1.54) is 5.39 Å². The number of para-hydroxylation sites is 1. The van der Waals surface area contributed by atoms with Gasteiger partial charge in [-0.15, -0.1) is 0 Å². The monoisotopic (exact) mass is 159 g/mol. The second-order valence-electron chi connectivity index (χ2n) is 2.82. The van der Waals surface area contributed by atoms with E-state index in [2.05, 4.69) is 23.2 Å². The fourth-order valence-electron chi connectivity index (χ4n) is 1.38. The molecule has 1 aromatic carbocycles. The first kappa shape index (κ1) is 7.35. The minimum atomic E-state index is 0.898. The lowest BCUT2D eigenvalue weighted by molar-refractivity contribution is 0.923. The van der Waals surface area contributed by atoms with Crippen molar-refractivity contribution in [2.45, 2.75) is 12.8 Å². The smallest absolute Gasteiger partial charge is 0.0700 e. The van der Waals surface area contributed by atoms with Crippen LogP contribution in [0.5, 0.6) is 0 Å². The summed E-state index contributed by atoms with van der Waals surface area (Å²) in [5, 5.41) is 8.44. The second kappa shape index (κ2) is 2.97. The summed E-state index contributed by atoms with van der Waals surface area (Å²) in [6.45, 7) is 3.81. The van der Waals surface area contributed by atoms with Gasteiger partial charge in [-0.3, -0.25) is 5.10 Å². The van der Waals surface area contributed by atoms with Crippen molar-refractivity contribution in [2.75, 3.05) is 0 Å². The topological polar surface area (TPSA) is 28.7 Å². The van der Waals surface area contributed by atoms with Crippen molar-refractivity contribution in [1.82, 2.24) is 10.2 Å². The minimum Gasteiger partial charge on any atom is -0.278 e. The molecule has 2 heteroatoms. The van der Waals surface area contributed by atoms with Crippen LogP contribution in [0, 0.1) is 6.92 Å². The Morgan fingerprint density at radius 3 is 3.00 bits per heavy atom. The van der Waals surface area contributed by atoms with E-state index < -0.39 is 0 Å². The van der Waals surface area contributed by atoms with Gasteiger partial charge >= 0.3 is 0 Å². The van der Waals surface area contributed by atoms with Gasteiger partial charge in [0.15, 0.2) is 0 Å². The molecule has 2 rings (SSSR count). The first-order valence-electron chi connectivity index (χ1n) is 4.13. The Morgan fingerprint density at radius 2 is 2.17 bits per heavy atom. The maximum Gasteiger partial charge on any atom is 0.0700 e. The highest BCUT2D eigenvalue weighted by Gasteiger charge is 2.01. The molecule has 0 aliphatic carbocycles. The molecule has 0 bridgehead atoms. The Kier molecular flexibility index (Phi) is 1.82. The number of benzene rings is 1. The molecule has 0 aliphatic rings. The molecule has 1 N–H and O–H groups in total. The first-order valence-corrected chi connectivity index (χ1v) is 4.13. The molecule has 1 radical (unpaired) electrons. The van der Waals surface area contributed by atoms with Crippen molar-refractivity contribution in [2.24, 2.45) is 0 Å². The van der Waals surface area contributed by atoms with Gasteiger partial charge in [0.05, 0.1) is 11.2 Å². The van der Waals surface area contributed by atoms with Crippen molar-refractivity contribution >= 4 is 10.9 Å². The number of fused-ring (bicyclic) bond motifs is 1. The Morgan fingerprint density at radius 1 is 1.33 bits per heavy atom. The molecule has 1 heterocycles. The molecule has 0 unspecified atom stereocenters. The third-order valence-corrected chi connectivity index (χ3v) is 1.96. The van der Waals surface area contributed by atoms with Crippen molar-refractivity contribution in [1.29, 1.82) is 0 Å². The number of rotatable bonds is 2. The summed E-state index contributed by atoms with van der Waals surface area (Å²) in [4.78, 5) is 0. The second-order valence-corrected chi connectivity index (χ2v) is 2.82. The van der Waals surface area contributed by atoms with Crippen molar-refractivity contribution in [3.05, 3.63) is 36.9 Å². The summed E-state index contributed by atoms with van der Waals surface area (Å²) in [7, 11) is 0. The molecule has 1 aromatic heterocycles. The molecule has 0 saturated carbocycles. The molecule has 0 atom stereocenters. The standard InChI is InChI=1S/C10H11N2/c1-2-5-9-8-6-3-4-7-10(8)12-11-9/h3-4,6-7H,1-2,5H2,(H,11,12). The van der Waals surface area contributed by atoms with Crippen molar-refractivity contribution < 1.29 is 0 Å². The maximum atomic E-state index is 4.22. The van der Waals surface area contributed by atoms with Gasteiger partial charge in [0, 0.05) is 5.39 Å². The SMILES string of the molecule is [CH2]CCc1n[nH]c2ccccc12. The first-order chi connectivity index (χ1) is 5.92. The molecular formula is C10H11N2.